The van der Waals surface area contributed by atoms with E-state index in [0.717, 1.165) is 16.3 Å². The van der Waals surface area contributed by atoms with Gasteiger partial charge >= 0.3 is 0 Å². The maximum Gasteiger partial charge on any atom is 0.131 e. The van der Waals surface area contributed by atoms with Crippen molar-refractivity contribution in [3.05, 3.63) is 53.9 Å². The molecule has 0 N–H and O–H groups in total. The summed E-state index contributed by atoms with van der Waals surface area (Å²) in [5, 5.41) is 2.02. The molecule has 0 unspecified atom stereocenters. The van der Waals surface area contributed by atoms with Gasteiger partial charge in [0.15, 0.2) is 0 Å². The van der Waals surface area contributed by atoms with Gasteiger partial charge in [-0.05, 0) is 29.3 Å². The van der Waals surface area contributed by atoms with Crippen LogP contribution in [0.4, 0.5) is 4.39 Å². The Bertz CT molecular complexity index is 498. The molecule has 0 amide bonds. The standard InChI is InChI=1S/C13H11F/c1-3-11-12(14)8-7-10-6-4-5-9(2)13(10)11/h3-8H,1H2,2H3. The lowest BCUT2D eigenvalue weighted by Gasteiger charge is -2.06. The second-order valence-corrected chi connectivity index (χ2v) is 3.34. The molecule has 0 spiro atoms. The molecule has 1 heteroatoms. The van der Waals surface area contributed by atoms with Crippen LogP contribution in [0.3, 0.4) is 0 Å². The van der Waals surface area contributed by atoms with Gasteiger partial charge in [0.05, 0.1) is 0 Å². The van der Waals surface area contributed by atoms with E-state index in [-0.39, 0.29) is 5.82 Å². The normalized spacial score (nSPS) is 10.4. The fourth-order valence-electron chi connectivity index (χ4n) is 1.77. The van der Waals surface area contributed by atoms with Crippen LogP contribution >= 0.6 is 0 Å². The van der Waals surface area contributed by atoms with Crippen molar-refractivity contribution in [3.63, 3.8) is 0 Å². The van der Waals surface area contributed by atoms with E-state index in [1.165, 1.54) is 6.07 Å². The summed E-state index contributed by atoms with van der Waals surface area (Å²) in [6.07, 6.45) is 1.57. The summed E-state index contributed by atoms with van der Waals surface area (Å²) in [5.41, 5.74) is 1.68. The molecule has 0 nitrogen and oxygen atoms in total. The maximum absolute atomic E-state index is 13.4. The van der Waals surface area contributed by atoms with Crippen molar-refractivity contribution in [3.8, 4) is 0 Å². The van der Waals surface area contributed by atoms with E-state index < -0.39 is 0 Å². The molecule has 0 bridgehead atoms. The first kappa shape index (κ1) is 8.95. The largest absolute Gasteiger partial charge is 0.206 e. The van der Waals surface area contributed by atoms with Crippen LogP contribution in [0.1, 0.15) is 11.1 Å². The number of aryl methyl sites for hydroxylation is 1. The van der Waals surface area contributed by atoms with Crippen LogP contribution < -0.4 is 0 Å². The summed E-state index contributed by atoms with van der Waals surface area (Å²) in [5.74, 6) is -0.207. The molecule has 0 fully saturated rings. The van der Waals surface area contributed by atoms with Gasteiger partial charge in [-0.1, -0.05) is 36.9 Å². The second-order valence-electron chi connectivity index (χ2n) is 3.34. The minimum atomic E-state index is -0.207. The first-order valence-corrected chi connectivity index (χ1v) is 4.54. The molecule has 14 heavy (non-hydrogen) atoms. The maximum atomic E-state index is 13.4. The van der Waals surface area contributed by atoms with Crippen molar-refractivity contribution >= 4 is 16.8 Å². The molecule has 2 aromatic rings. The smallest absolute Gasteiger partial charge is 0.131 e. The Labute approximate surface area is 82.7 Å². The molecule has 0 saturated heterocycles. The van der Waals surface area contributed by atoms with Crippen LogP contribution in [-0.4, -0.2) is 0 Å². The van der Waals surface area contributed by atoms with Crippen molar-refractivity contribution in [1.29, 1.82) is 0 Å². The average Bonchev–Trinajstić information content (AvgIpc) is 2.19. The number of benzene rings is 2. The van der Waals surface area contributed by atoms with Crippen molar-refractivity contribution in [2.45, 2.75) is 6.92 Å². The Morgan fingerprint density at radius 2 is 2.00 bits per heavy atom. The zero-order valence-electron chi connectivity index (χ0n) is 8.05. The number of hydrogen-bond donors (Lipinski definition) is 0. The van der Waals surface area contributed by atoms with Gasteiger partial charge in [-0.3, -0.25) is 0 Å². The molecular weight excluding hydrogens is 175 g/mol. The second kappa shape index (κ2) is 3.26. The Morgan fingerprint density at radius 1 is 1.21 bits per heavy atom. The van der Waals surface area contributed by atoms with E-state index in [4.69, 9.17) is 0 Å². The Morgan fingerprint density at radius 3 is 2.71 bits per heavy atom. The van der Waals surface area contributed by atoms with Crippen molar-refractivity contribution in [2.24, 2.45) is 0 Å². The van der Waals surface area contributed by atoms with Gasteiger partial charge in [0.25, 0.3) is 0 Å². The summed E-state index contributed by atoms with van der Waals surface area (Å²) in [4.78, 5) is 0. The van der Waals surface area contributed by atoms with Crippen LogP contribution in [0.5, 0.6) is 0 Å². The van der Waals surface area contributed by atoms with Crippen molar-refractivity contribution in [2.75, 3.05) is 0 Å². The van der Waals surface area contributed by atoms with E-state index in [0.29, 0.717) is 5.56 Å². The van der Waals surface area contributed by atoms with Gasteiger partial charge in [0.2, 0.25) is 0 Å². The molecule has 2 rings (SSSR count). The predicted molar refractivity (Wildman–Crippen MR) is 58.7 cm³/mol. The first-order chi connectivity index (χ1) is 6.74. The monoisotopic (exact) mass is 186 g/mol. The summed E-state index contributed by atoms with van der Waals surface area (Å²) < 4.78 is 13.4. The van der Waals surface area contributed by atoms with Crippen molar-refractivity contribution < 1.29 is 4.39 Å². The zero-order valence-corrected chi connectivity index (χ0v) is 8.05. The van der Waals surface area contributed by atoms with E-state index in [1.807, 2.05) is 25.1 Å². The molecule has 0 aliphatic carbocycles. The third-order valence-corrected chi connectivity index (χ3v) is 2.45. The van der Waals surface area contributed by atoms with Crippen LogP contribution in [0.25, 0.3) is 16.8 Å². The lowest BCUT2D eigenvalue weighted by atomic mass is 10.00. The fourth-order valence-corrected chi connectivity index (χ4v) is 1.77. The lowest BCUT2D eigenvalue weighted by molar-refractivity contribution is 0.627. The summed E-state index contributed by atoms with van der Waals surface area (Å²) in [6, 6.07) is 9.22. The number of rotatable bonds is 1. The summed E-state index contributed by atoms with van der Waals surface area (Å²) in [7, 11) is 0. The minimum absolute atomic E-state index is 0.207. The van der Waals surface area contributed by atoms with Crippen LogP contribution in [-0.2, 0) is 0 Å². The van der Waals surface area contributed by atoms with Crippen LogP contribution in [0.15, 0.2) is 36.9 Å². The highest BCUT2D eigenvalue weighted by Gasteiger charge is 2.05. The summed E-state index contributed by atoms with van der Waals surface area (Å²) >= 11 is 0. The van der Waals surface area contributed by atoms with Gasteiger partial charge in [-0.2, -0.15) is 0 Å². The SMILES string of the molecule is C=Cc1c(F)ccc2cccc(C)c12. The predicted octanol–water partition coefficient (Wildman–Crippen LogP) is 3.93. The van der Waals surface area contributed by atoms with E-state index in [9.17, 15) is 4.39 Å². The Hall–Kier alpha value is -1.63. The number of fused-ring (bicyclic) bond motifs is 1. The number of halogens is 1. The molecule has 2 aromatic carbocycles. The zero-order chi connectivity index (χ0) is 10.1. The van der Waals surface area contributed by atoms with Crippen LogP contribution in [0.2, 0.25) is 0 Å². The summed E-state index contributed by atoms with van der Waals surface area (Å²) in [6.45, 7) is 5.62. The van der Waals surface area contributed by atoms with Gasteiger partial charge < -0.3 is 0 Å². The van der Waals surface area contributed by atoms with Gasteiger partial charge in [-0.25, -0.2) is 4.39 Å². The topological polar surface area (TPSA) is 0 Å². The highest BCUT2D eigenvalue weighted by atomic mass is 19.1. The van der Waals surface area contributed by atoms with E-state index in [2.05, 4.69) is 6.58 Å². The van der Waals surface area contributed by atoms with E-state index >= 15 is 0 Å². The van der Waals surface area contributed by atoms with E-state index in [1.54, 1.807) is 12.1 Å². The molecular formula is C13H11F. The highest BCUT2D eigenvalue weighted by molar-refractivity contribution is 5.93. The molecule has 0 aliphatic heterocycles. The molecule has 0 aromatic heterocycles. The molecule has 0 atom stereocenters. The van der Waals surface area contributed by atoms with Gasteiger partial charge in [0.1, 0.15) is 5.82 Å². The fraction of sp³-hybridized carbons (Fsp3) is 0.0769. The molecule has 0 radical (unpaired) electrons. The minimum Gasteiger partial charge on any atom is -0.206 e. The molecule has 0 heterocycles. The average molecular weight is 186 g/mol. The quantitative estimate of drug-likeness (QED) is 0.633. The number of hydrogen-bond acceptors (Lipinski definition) is 0. The molecule has 0 saturated carbocycles. The third kappa shape index (κ3) is 1.22. The van der Waals surface area contributed by atoms with Crippen LogP contribution in [0, 0.1) is 12.7 Å². The molecule has 70 valence electrons. The third-order valence-electron chi connectivity index (χ3n) is 2.45. The highest BCUT2D eigenvalue weighted by Crippen LogP contribution is 2.25. The molecule has 0 aliphatic rings. The van der Waals surface area contributed by atoms with Crippen molar-refractivity contribution in [1.82, 2.24) is 0 Å². The Kier molecular flexibility index (Phi) is 2.08. The van der Waals surface area contributed by atoms with Gasteiger partial charge in [0, 0.05) is 5.56 Å². The van der Waals surface area contributed by atoms with Gasteiger partial charge in [-0.15, -0.1) is 0 Å². The Balaban J connectivity index is 2.98. The lowest BCUT2D eigenvalue weighted by Crippen LogP contribution is -1.87. The first-order valence-electron chi connectivity index (χ1n) is 4.54.